The molecule has 0 atom stereocenters. The van der Waals surface area contributed by atoms with E-state index in [1.54, 1.807) is 11.8 Å². The molecular formula is C15H12BrNS. The van der Waals surface area contributed by atoms with Crippen molar-refractivity contribution in [3.05, 3.63) is 57.6 Å². The van der Waals surface area contributed by atoms with Gasteiger partial charge in [-0.25, -0.2) is 0 Å². The number of benzene rings is 2. The fourth-order valence-corrected chi connectivity index (χ4v) is 3.04. The molecule has 0 radical (unpaired) electrons. The van der Waals surface area contributed by atoms with Crippen molar-refractivity contribution in [2.45, 2.75) is 23.6 Å². The molecule has 0 aliphatic rings. The van der Waals surface area contributed by atoms with Crippen LogP contribution in [0.2, 0.25) is 0 Å². The van der Waals surface area contributed by atoms with Crippen LogP contribution in [0.1, 0.15) is 16.7 Å². The van der Waals surface area contributed by atoms with E-state index in [-0.39, 0.29) is 0 Å². The fourth-order valence-electron chi connectivity index (χ4n) is 1.61. The van der Waals surface area contributed by atoms with Crippen LogP contribution in [-0.2, 0) is 0 Å². The number of hydrogen-bond acceptors (Lipinski definition) is 2. The summed E-state index contributed by atoms with van der Waals surface area (Å²) in [6.07, 6.45) is 0. The van der Waals surface area contributed by atoms with Gasteiger partial charge in [0.05, 0.1) is 5.56 Å². The Balaban J connectivity index is 2.40. The first-order valence-corrected chi connectivity index (χ1v) is 7.16. The van der Waals surface area contributed by atoms with Crippen molar-refractivity contribution in [1.29, 1.82) is 5.26 Å². The molecule has 3 heteroatoms. The lowest BCUT2D eigenvalue weighted by Crippen LogP contribution is -1.85. The molecule has 0 spiro atoms. The second-order valence-corrected chi connectivity index (χ2v) is 6.12. The summed E-state index contributed by atoms with van der Waals surface area (Å²) in [5.74, 6) is 0. The van der Waals surface area contributed by atoms with Crippen molar-refractivity contribution in [3.63, 3.8) is 0 Å². The van der Waals surface area contributed by atoms with E-state index in [1.165, 1.54) is 16.0 Å². The summed E-state index contributed by atoms with van der Waals surface area (Å²) in [5.41, 5.74) is 3.17. The van der Waals surface area contributed by atoms with Gasteiger partial charge in [0, 0.05) is 14.3 Å². The van der Waals surface area contributed by atoms with Crippen LogP contribution in [0, 0.1) is 25.2 Å². The second-order valence-electron chi connectivity index (χ2n) is 4.12. The van der Waals surface area contributed by atoms with Crippen LogP contribution in [0.3, 0.4) is 0 Å². The topological polar surface area (TPSA) is 23.8 Å². The molecule has 90 valence electrons. The summed E-state index contributed by atoms with van der Waals surface area (Å²) < 4.78 is 0.935. The third-order valence-electron chi connectivity index (χ3n) is 2.63. The molecule has 0 aliphatic heterocycles. The molecule has 0 fully saturated rings. The minimum Gasteiger partial charge on any atom is -0.192 e. The summed E-state index contributed by atoms with van der Waals surface area (Å²) in [5, 5.41) is 9.16. The highest BCUT2D eigenvalue weighted by molar-refractivity contribution is 9.10. The highest BCUT2D eigenvalue weighted by Gasteiger charge is 2.07. The zero-order chi connectivity index (χ0) is 13.1. The van der Waals surface area contributed by atoms with Crippen LogP contribution in [0.4, 0.5) is 0 Å². The van der Waals surface area contributed by atoms with Gasteiger partial charge in [-0.05, 0) is 49.2 Å². The van der Waals surface area contributed by atoms with Gasteiger partial charge in [-0.1, -0.05) is 39.8 Å². The Bertz CT molecular complexity index is 629. The molecule has 0 saturated carbocycles. The van der Waals surface area contributed by atoms with Crippen molar-refractivity contribution in [2.24, 2.45) is 0 Å². The number of aryl methyl sites for hydroxylation is 2. The predicted molar refractivity (Wildman–Crippen MR) is 78.9 cm³/mol. The highest BCUT2D eigenvalue weighted by atomic mass is 79.9. The summed E-state index contributed by atoms with van der Waals surface area (Å²) in [6.45, 7) is 4.17. The Morgan fingerprint density at radius 3 is 2.56 bits per heavy atom. The Kier molecular flexibility index (Phi) is 4.11. The third-order valence-corrected chi connectivity index (χ3v) is 4.35. The van der Waals surface area contributed by atoms with Crippen molar-refractivity contribution >= 4 is 27.7 Å². The van der Waals surface area contributed by atoms with E-state index in [2.05, 4.69) is 54.0 Å². The lowest BCUT2D eigenvalue weighted by molar-refractivity contribution is 1.25. The van der Waals surface area contributed by atoms with Crippen molar-refractivity contribution in [1.82, 2.24) is 0 Å². The van der Waals surface area contributed by atoms with Gasteiger partial charge >= 0.3 is 0 Å². The van der Waals surface area contributed by atoms with Gasteiger partial charge in [-0.2, -0.15) is 5.26 Å². The number of nitrogens with zero attached hydrogens (tertiary/aromatic N) is 1. The SMILES string of the molecule is Cc1ccc(C)c(Sc2ccc(Br)cc2C#N)c1. The van der Waals surface area contributed by atoms with Gasteiger partial charge in [-0.15, -0.1) is 0 Å². The summed E-state index contributed by atoms with van der Waals surface area (Å²) >= 11 is 5.03. The first-order valence-electron chi connectivity index (χ1n) is 5.55. The second kappa shape index (κ2) is 5.60. The molecule has 2 rings (SSSR count). The average molecular weight is 318 g/mol. The maximum Gasteiger partial charge on any atom is 0.100 e. The summed E-state index contributed by atoms with van der Waals surface area (Å²) in [7, 11) is 0. The van der Waals surface area contributed by atoms with Gasteiger partial charge in [0.2, 0.25) is 0 Å². The molecule has 0 heterocycles. The maximum atomic E-state index is 9.16. The Morgan fingerprint density at radius 2 is 1.83 bits per heavy atom. The van der Waals surface area contributed by atoms with E-state index >= 15 is 0 Å². The average Bonchev–Trinajstić information content (AvgIpc) is 2.36. The number of halogens is 1. The lowest BCUT2D eigenvalue weighted by atomic mass is 10.2. The minimum absolute atomic E-state index is 0.704. The first-order chi connectivity index (χ1) is 8.60. The quantitative estimate of drug-likeness (QED) is 0.770. The van der Waals surface area contributed by atoms with Crippen molar-refractivity contribution < 1.29 is 0 Å². The Morgan fingerprint density at radius 1 is 1.06 bits per heavy atom. The first kappa shape index (κ1) is 13.2. The van der Waals surface area contributed by atoms with Crippen LogP contribution in [0.5, 0.6) is 0 Å². The van der Waals surface area contributed by atoms with Gasteiger partial charge < -0.3 is 0 Å². The van der Waals surface area contributed by atoms with Gasteiger partial charge in [-0.3, -0.25) is 0 Å². The molecule has 0 N–H and O–H groups in total. The minimum atomic E-state index is 0.704. The maximum absolute atomic E-state index is 9.16. The van der Waals surface area contributed by atoms with Gasteiger partial charge in [0.15, 0.2) is 0 Å². The standard InChI is InChI=1S/C15H12BrNS/c1-10-3-4-11(2)15(7-10)18-14-6-5-13(16)8-12(14)9-17/h3-8H,1-2H3. The lowest BCUT2D eigenvalue weighted by Gasteiger charge is -2.08. The molecule has 0 aromatic heterocycles. The van der Waals surface area contributed by atoms with Crippen LogP contribution in [-0.4, -0.2) is 0 Å². The highest BCUT2D eigenvalue weighted by Crippen LogP contribution is 2.34. The van der Waals surface area contributed by atoms with E-state index in [9.17, 15) is 0 Å². The Hall–Kier alpha value is -1.24. The van der Waals surface area contributed by atoms with Crippen LogP contribution in [0.15, 0.2) is 50.7 Å². The molecule has 0 bridgehead atoms. The number of hydrogen-bond donors (Lipinski definition) is 0. The zero-order valence-electron chi connectivity index (χ0n) is 10.2. The van der Waals surface area contributed by atoms with E-state index in [0.717, 1.165) is 9.37 Å². The van der Waals surface area contributed by atoms with E-state index in [1.807, 2.05) is 18.2 Å². The molecule has 0 unspecified atom stereocenters. The molecule has 18 heavy (non-hydrogen) atoms. The van der Waals surface area contributed by atoms with E-state index in [4.69, 9.17) is 5.26 Å². The zero-order valence-corrected chi connectivity index (χ0v) is 12.6. The van der Waals surface area contributed by atoms with Gasteiger partial charge in [0.1, 0.15) is 6.07 Å². The summed E-state index contributed by atoms with van der Waals surface area (Å²) in [4.78, 5) is 2.20. The van der Waals surface area contributed by atoms with Crippen molar-refractivity contribution in [3.8, 4) is 6.07 Å². The molecule has 0 amide bonds. The van der Waals surface area contributed by atoms with Crippen molar-refractivity contribution in [2.75, 3.05) is 0 Å². The van der Waals surface area contributed by atoms with E-state index < -0.39 is 0 Å². The number of rotatable bonds is 2. The number of nitriles is 1. The largest absolute Gasteiger partial charge is 0.192 e. The molecule has 0 saturated heterocycles. The third kappa shape index (κ3) is 2.95. The smallest absolute Gasteiger partial charge is 0.100 e. The molecular weight excluding hydrogens is 306 g/mol. The Labute approximate surface area is 120 Å². The summed E-state index contributed by atoms with van der Waals surface area (Å²) in [6, 6.07) is 14.4. The molecule has 1 nitrogen and oxygen atoms in total. The van der Waals surface area contributed by atoms with Crippen LogP contribution in [0.25, 0.3) is 0 Å². The van der Waals surface area contributed by atoms with Crippen LogP contribution >= 0.6 is 27.7 Å². The monoisotopic (exact) mass is 317 g/mol. The molecule has 0 aliphatic carbocycles. The normalized spacial score (nSPS) is 10.1. The van der Waals surface area contributed by atoms with Crippen LogP contribution < -0.4 is 0 Å². The van der Waals surface area contributed by atoms with Gasteiger partial charge in [0.25, 0.3) is 0 Å². The molecule has 2 aromatic rings. The van der Waals surface area contributed by atoms with E-state index in [0.29, 0.717) is 5.56 Å². The fraction of sp³-hybridized carbons (Fsp3) is 0.133. The molecule has 2 aromatic carbocycles. The predicted octanol–water partition coefficient (Wildman–Crippen LogP) is 5.09.